The molecule has 1 spiro atoms. The molecule has 4 saturated heterocycles. The molecule has 0 radical (unpaired) electrons. The Kier molecular flexibility index (Phi) is 10.1. The topological polar surface area (TPSA) is 120 Å². The molecule has 42 heavy (non-hydrogen) atoms. The predicted molar refractivity (Wildman–Crippen MR) is 166 cm³/mol. The number of amides is 3. The number of likely N-dealkylation sites (tertiary alicyclic amines) is 1. The van der Waals surface area contributed by atoms with Gasteiger partial charge in [-0.3, -0.25) is 19.3 Å². The Morgan fingerprint density at radius 1 is 1.21 bits per heavy atom. The average molecular weight is 668 g/mol. The lowest BCUT2D eigenvalue weighted by Gasteiger charge is -2.38. The highest BCUT2D eigenvalue weighted by Crippen LogP contribution is 2.68. The minimum absolute atomic E-state index is 0.0242. The third kappa shape index (κ3) is 6.06. The van der Waals surface area contributed by atoms with Crippen molar-refractivity contribution in [3.63, 3.8) is 0 Å². The molecule has 232 valence electrons. The van der Waals surface area contributed by atoms with E-state index in [0.717, 1.165) is 18.8 Å². The molecule has 7 atom stereocenters. The number of ether oxygens (including phenoxy) is 2. The van der Waals surface area contributed by atoms with Crippen LogP contribution in [0.4, 0.5) is 5.69 Å². The summed E-state index contributed by atoms with van der Waals surface area (Å²) in [7, 11) is 0. The number of morpholine rings is 1. The van der Waals surface area contributed by atoms with E-state index in [1.165, 1.54) is 0 Å². The highest BCUT2D eigenvalue weighted by Gasteiger charge is 2.76. The van der Waals surface area contributed by atoms with Crippen molar-refractivity contribution >= 4 is 51.1 Å². The lowest BCUT2D eigenvalue weighted by molar-refractivity contribution is -0.142. The first-order valence-corrected chi connectivity index (χ1v) is 16.9. The molecule has 12 heteroatoms. The first kappa shape index (κ1) is 31.6. The number of carbonyl (C=O) groups excluding carboxylic acids is 3. The number of carbonyl (C=O) groups is 3. The monoisotopic (exact) mass is 666 g/mol. The van der Waals surface area contributed by atoms with Crippen molar-refractivity contribution in [1.82, 2.24) is 15.1 Å². The second-order valence-corrected chi connectivity index (χ2v) is 14.8. The summed E-state index contributed by atoms with van der Waals surface area (Å²) in [6, 6.07) is 5.93. The Balaban J connectivity index is 1.40. The van der Waals surface area contributed by atoms with Gasteiger partial charge >= 0.3 is 0 Å². The van der Waals surface area contributed by atoms with Crippen LogP contribution in [0, 0.1) is 17.8 Å². The number of benzene rings is 1. The molecule has 4 aliphatic heterocycles. The van der Waals surface area contributed by atoms with Crippen LogP contribution in [0.25, 0.3) is 0 Å². The zero-order valence-corrected chi connectivity index (χ0v) is 27.0. The molecule has 3 N–H and O–H groups in total. The number of thioether (sulfide) groups is 1. The lowest BCUT2D eigenvalue weighted by Crippen LogP contribution is -2.57. The molecule has 3 amide bonds. The maximum Gasteiger partial charge on any atom is 0.244 e. The fourth-order valence-corrected chi connectivity index (χ4v) is 10.8. The second kappa shape index (κ2) is 13.4. The van der Waals surface area contributed by atoms with Gasteiger partial charge in [-0.2, -0.15) is 0 Å². The second-order valence-electron chi connectivity index (χ2n) is 12.1. The minimum Gasteiger partial charge on any atom is -0.494 e. The zero-order valence-electron chi connectivity index (χ0n) is 24.6. The Morgan fingerprint density at radius 3 is 2.57 bits per heavy atom. The van der Waals surface area contributed by atoms with Gasteiger partial charge in [-0.1, -0.05) is 29.8 Å². The molecule has 4 fully saturated rings. The van der Waals surface area contributed by atoms with Gasteiger partial charge in [0.05, 0.1) is 49.1 Å². The number of alkyl halides is 1. The number of nitrogens with zero attached hydrogens (tertiary/aromatic N) is 2. The minimum atomic E-state index is -0.770. The van der Waals surface area contributed by atoms with Crippen molar-refractivity contribution in [3.05, 3.63) is 24.3 Å². The van der Waals surface area contributed by atoms with Crippen LogP contribution in [-0.2, 0) is 19.1 Å². The van der Waals surface area contributed by atoms with E-state index < -0.39 is 28.7 Å². The fourth-order valence-electron chi connectivity index (χ4n) is 7.17. The molecule has 2 bridgehead atoms. The van der Waals surface area contributed by atoms with Gasteiger partial charge in [0.25, 0.3) is 0 Å². The van der Waals surface area contributed by atoms with E-state index in [9.17, 15) is 19.5 Å². The average Bonchev–Trinajstić information content (AvgIpc) is 3.56. The molecule has 0 aliphatic carbocycles. The number of nitrogens with one attached hydrogen (secondary N) is 2. The third-order valence-electron chi connectivity index (χ3n) is 8.89. The first-order chi connectivity index (χ1) is 20.2. The van der Waals surface area contributed by atoms with Crippen molar-refractivity contribution in [2.75, 3.05) is 57.9 Å². The van der Waals surface area contributed by atoms with Crippen molar-refractivity contribution in [2.45, 2.75) is 60.5 Å². The van der Waals surface area contributed by atoms with Crippen LogP contribution in [0.5, 0.6) is 5.75 Å². The van der Waals surface area contributed by atoms with Crippen molar-refractivity contribution in [1.29, 1.82) is 0 Å². The summed E-state index contributed by atoms with van der Waals surface area (Å²) in [5, 5.41) is 16.5. The van der Waals surface area contributed by atoms with E-state index in [2.05, 4.69) is 31.5 Å². The number of hydrogen-bond donors (Lipinski definition) is 3. The van der Waals surface area contributed by atoms with Crippen molar-refractivity contribution < 1.29 is 29.0 Å². The van der Waals surface area contributed by atoms with Gasteiger partial charge in [0.1, 0.15) is 11.8 Å². The molecule has 3 unspecified atom stereocenters. The van der Waals surface area contributed by atoms with Gasteiger partial charge in [-0.05, 0) is 49.9 Å². The summed E-state index contributed by atoms with van der Waals surface area (Å²) in [4.78, 5) is 46.2. The van der Waals surface area contributed by atoms with Crippen LogP contribution in [-0.4, -0.2) is 112 Å². The van der Waals surface area contributed by atoms with Gasteiger partial charge in [0, 0.05) is 41.9 Å². The Bertz CT molecular complexity index is 1140. The lowest BCUT2D eigenvalue weighted by atomic mass is 9.70. The predicted octanol–water partition coefficient (Wildman–Crippen LogP) is 2.34. The highest BCUT2D eigenvalue weighted by molar-refractivity contribution is 9.09. The first-order valence-electron chi connectivity index (χ1n) is 15.1. The zero-order chi connectivity index (χ0) is 30.0. The Labute approximate surface area is 260 Å². The molecule has 1 aromatic rings. The molecule has 1 aromatic carbocycles. The summed E-state index contributed by atoms with van der Waals surface area (Å²) in [6.07, 6.45) is 1.17. The van der Waals surface area contributed by atoms with Crippen LogP contribution in [0.15, 0.2) is 24.3 Å². The standard InChI is InChI=1S/C30H43BrN4O6S/c1-4-41-21-7-5-19(6-8-21)33-27(37)23-24-29(39)35(20(17-36)15-18(2)3)26(30(24)16-22(31)25(23)42-30)28(38)32-9-10-34-11-13-40-14-12-34/h5-8,18,20,22-26,36H,4,9-17H2,1-3H3,(H,32,38)(H,33,37)/t20-,22?,23-,24+,25-,26?,30?/m1/s1. The fraction of sp³-hybridized carbons (Fsp3) is 0.700. The van der Waals surface area contributed by atoms with E-state index in [-0.39, 0.29) is 40.3 Å². The van der Waals surface area contributed by atoms with Crippen LogP contribution in [0.1, 0.15) is 33.6 Å². The van der Waals surface area contributed by atoms with E-state index >= 15 is 0 Å². The van der Waals surface area contributed by atoms with Gasteiger partial charge in [0.2, 0.25) is 17.7 Å². The largest absolute Gasteiger partial charge is 0.494 e. The summed E-state index contributed by atoms with van der Waals surface area (Å²) in [6.45, 7) is 10.5. The van der Waals surface area contributed by atoms with Crippen LogP contribution in [0.3, 0.4) is 0 Å². The van der Waals surface area contributed by atoms with E-state index in [0.29, 0.717) is 51.4 Å². The number of hydrogen-bond acceptors (Lipinski definition) is 8. The van der Waals surface area contributed by atoms with Crippen molar-refractivity contribution in [3.8, 4) is 5.75 Å². The van der Waals surface area contributed by atoms with Crippen LogP contribution >= 0.6 is 27.7 Å². The smallest absolute Gasteiger partial charge is 0.244 e. The van der Waals surface area contributed by atoms with Crippen LogP contribution in [0.2, 0.25) is 0 Å². The molecule has 5 rings (SSSR count). The van der Waals surface area contributed by atoms with E-state index in [4.69, 9.17) is 9.47 Å². The highest BCUT2D eigenvalue weighted by atomic mass is 79.9. The molecule has 10 nitrogen and oxygen atoms in total. The van der Waals surface area contributed by atoms with Crippen molar-refractivity contribution in [2.24, 2.45) is 17.8 Å². The maximum absolute atomic E-state index is 14.4. The number of aliphatic hydroxyl groups is 1. The molecule has 0 aromatic heterocycles. The quantitative estimate of drug-likeness (QED) is 0.291. The number of anilines is 1. The van der Waals surface area contributed by atoms with Gasteiger partial charge in [-0.25, -0.2) is 0 Å². The summed E-state index contributed by atoms with van der Waals surface area (Å²) in [5.74, 6) is -0.969. The third-order valence-corrected chi connectivity index (χ3v) is 12.1. The summed E-state index contributed by atoms with van der Waals surface area (Å²) < 4.78 is 10.2. The number of fused-ring (bicyclic) bond motifs is 1. The normalized spacial score (nSPS) is 31.3. The summed E-state index contributed by atoms with van der Waals surface area (Å²) in [5.41, 5.74) is 0.629. The molecular formula is C30H43BrN4O6S. The number of halogens is 1. The van der Waals surface area contributed by atoms with E-state index in [1.807, 2.05) is 20.8 Å². The molecular weight excluding hydrogens is 624 g/mol. The van der Waals surface area contributed by atoms with Crippen LogP contribution < -0.4 is 15.4 Å². The van der Waals surface area contributed by atoms with E-state index in [1.54, 1.807) is 40.9 Å². The number of aliphatic hydroxyl groups excluding tert-OH is 1. The van der Waals surface area contributed by atoms with Gasteiger partial charge in [0.15, 0.2) is 0 Å². The number of rotatable bonds is 12. The molecule has 4 aliphatic rings. The Morgan fingerprint density at radius 2 is 1.93 bits per heavy atom. The maximum atomic E-state index is 14.4. The summed E-state index contributed by atoms with van der Waals surface area (Å²) >= 11 is 5.42. The van der Waals surface area contributed by atoms with Gasteiger partial charge < -0.3 is 30.1 Å². The molecule has 0 saturated carbocycles. The molecule has 4 heterocycles. The van der Waals surface area contributed by atoms with Gasteiger partial charge in [-0.15, -0.1) is 11.8 Å². The SMILES string of the molecule is CCOc1ccc(NC(=O)[C@H]2[C@@H]3SC4(CC3Br)C(C(=O)NCCN3CCOCC3)N([C@@H](CO)CC(C)C)C(=O)[C@H]24)cc1. The Hall–Kier alpha value is -1.86.